The number of carbonyl (C=O) groups is 3. The highest BCUT2D eigenvalue weighted by atomic mass is 16.6. The number of esters is 3. The maximum atomic E-state index is 12.7. The lowest BCUT2D eigenvalue weighted by Crippen LogP contribution is -2.30. The zero-order valence-electron chi connectivity index (χ0n) is 38.5. The van der Waals surface area contributed by atoms with E-state index < -0.39 is 6.10 Å². The molecule has 0 spiro atoms. The maximum Gasteiger partial charge on any atom is 0.306 e. The second-order valence-electron chi connectivity index (χ2n) is 16.0. The molecular formula is C53H90O6. The van der Waals surface area contributed by atoms with E-state index in [4.69, 9.17) is 14.2 Å². The van der Waals surface area contributed by atoms with E-state index in [1.54, 1.807) is 0 Å². The molecule has 0 radical (unpaired) electrons. The van der Waals surface area contributed by atoms with Gasteiger partial charge in [-0.05, 0) is 89.9 Å². The lowest BCUT2D eigenvalue weighted by Gasteiger charge is -2.18. The van der Waals surface area contributed by atoms with Gasteiger partial charge in [-0.1, -0.05) is 190 Å². The van der Waals surface area contributed by atoms with Crippen molar-refractivity contribution in [1.82, 2.24) is 0 Å². The Balaban J connectivity index is 4.32. The molecule has 0 rings (SSSR count). The summed E-state index contributed by atoms with van der Waals surface area (Å²) in [5.74, 6) is -0.923. The average molecular weight is 823 g/mol. The number of rotatable bonds is 43. The van der Waals surface area contributed by atoms with Crippen LogP contribution in [0.5, 0.6) is 0 Å². The first-order chi connectivity index (χ1) is 29.0. The Bertz CT molecular complexity index is 1130. The lowest BCUT2D eigenvalue weighted by atomic mass is 10.1. The molecule has 0 bridgehead atoms. The Morgan fingerprint density at radius 1 is 0.356 bits per heavy atom. The molecule has 0 saturated carbocycles. The van der Waals surface area contributed by atoms with Gasteiger partial charge >= 0.3 is 17.9 Å². The normalized spacial score (nSPS) is 12.7. The third-order valence-corrected chi connectivity index (χ3v) is 10.2. The fourth-order valence-electron chi connectivity index (χ4n) is 6.52. The second kappa shape index (κ2) is 47.5. The van der Waals surface area contributed by atoms with E-state index in [-0.39, 0.29) is 31.1 Å². The van der Waals surface area contributed by atoms with E-state index in [2.05, 4.69) is 93.7 Å². The lowest BCUT2D eigenvalue weighted by molar-refractivity contribution is -0.167. The quantitative estimate of drug-likeness (QED) is 0.0264. The first-order valence-electron chi connectivity index (χ1n) is 24.4. The van der Waals surface area contributed by atoms with Gasteiger partial charge in [-0.25, -0.2) is 0 Å². The summed E-state index contributed by atoms with van der Waals surface area (Å²) in [6.45, 7) is 6.42. The van der Waals surface area contributed by atoms with Crippen LogP contribution in [0.1, 0.15) is 226 Å². The van der Waals surface area contributed by atoms with Gasteiger partial charge in [-0.2, -0.15) is 0 Å². The Kier molecular flexibility index (Phi) is 45.0. The summed E-state index contributed by atoms with van der Waals surface area (Å²) in [5, 5.41) is 0. The van der Waals surface area contributed by atoms with Gasteiger partial charge in [0.25, 0.3) is 0 Å². The molecule has 0 aliphatic heterocycles. The van der Waals surface area contributed by atoms with Crippen molar-refractivity contribution in [2.75, 3.05) is 13.2 Å². The molecule has 6 nitrogen and oxygen atoms in total. The van der Waals surface area contributed by atoms with Crippen molar-refractivity contribution >= 4 is 17.9 Å². The van der Waals surface area contributed by atoms with E-state index in [9.17, 15) is 14.4 Å². The summed E-state index contributed by atoms with van der Waals surface area (Å²) in [5.41, 5.74) is 0. The molecule has 0 fully saturated rings. The van der Waals surface area contributed by atoms with Gasteiger partial charge in [0, 0.05) is 19.3 Å². The van der Waals surface area contributed by atoms with Gasteiger partial charge in [0.2, 0.25) is 0 Å². The fourth-order valence-corrected chi connectivity index (χ4v) is 6.52. The van der Waals surface area contributed by atoms with Crippen LogP contribution >= 0.6 is 0 Å². The molecule has 1 unspecified atom stereocenters. The molecule has 0 aromatic rings. The third kappa shape index (κ3) is 45.8. The van der Waals surface area contributed by atoms with Crippen LogP contribution in [0.3, 0.4) is 0 Å². The smallest absolute Gasteiger partial charge is 0.306 e. The number of unbranched alkanes of at least 4 members (excludes halogenated alkanes) is 20. The van der Waals surface area contributed by atoms with Crippen LogP contribution < -0.4 is 0 Å². The van der Waals surface area contributed by atoms with E-state index >= 15 is 0 Å². The van der Waals surface area contributed by atoms with E-state index in [1.807, 2.05) is 0 Å². The monoisotopic (exact) mass is 823 g/mol. The number of allylic oxidation sites excluding steroid dienone is 12. The van der Waals surface area contributed by atoms with Crippen molar-refractivity contribution in [1.29, 1.82) is 0 Å². The van der Waals surface area contributed by atoms with Gasteiger partial charge in [0.15, 0.2) is 6.10 Å². The minimum atomic E-state index is -0.785. The van der Waals surface area contributed by atoms with Crippen molar-refractivity contribution in [3.05, 3.63) is 72.9 Å². The zero-order chi connectivity index (χ0) is 43.0. The largest absolute Gasteiger partial charge is 0.462 e. The van der Waals surface area contributed by atoms with Crippen LogP contribution in [-0.2, 0) is 28.6 Å². The highest BCUT2D eigenvalue weighted by Crippen LogP contribution is 2.13. The van der Waals surface area contributed by atoms with Gasteiger partial charge in [0.1, 0.15) is 13.2 Å². The summed E-state index contributed by atoms with van der Waals surface area (Å²) in [6, 6.07) is 0. The van der Waals surface area contributed by atoms with E-state index in [1.165, 1.54) is 70.6 Å². The first-order valence-corrected chi connectivity index (χ1v) is 24.4. The number of ether oxygens (including phenoxy) is 3. The van der Waals surface area contributed by atoms with Gasteiger partial charge < -0.3 is 14.2 Å². The average Bonchev–Trinajstić information content (AvgIpc) is 3.23. The number of hydrogen-bond donors (Lipinski definition) is 0. The van der Waals surface area contributed by atoms with Crippen LogP contribution in [-0.4, -0.2) is 37.2 Å². The topological polar surface area (TPSA) is 78.9 Å². The van der Waals surface area contributed by atoms with Crippen molar-refractivity contribution in [3.8, 4) is 0 Å². The molecule has 0 heterocycles. The van der Waals surface area contributed by atoms with Crippen LogP contribution in [0.15, 0.2) is 72.9 Å². The minimum absolute atomic E-state index is 0.0859. The first kappa shape index (κ1) is 55.9. The molecule has 0 aliphatic carbocycles. The highest BCUT2D eigenvalue weighted by molar-refractivity contribution is 5.71. The Morgan fingerprint density at radius 3 is 1.07 bits per heavy atom. The molecule has 0 aliphatic rings. The molecular weight excluding hydrogens is 733 g/mol. The van der Waals surface area contributed by atoms with Crippen molar-refractivity contribution in [2.45, 2.75) is 232 Å². The summed E-state index contributed by atoms with van der Waals surface area (Å²) in [6.07, 6.45) is 58.9. The van der Waals surface area contributed by atoms with Gasteiger partial charge in [0.05, 0.1) is 0 Å². The summed E-state index contributed by atoms with van der Waals surface area (Å²) in [4.78, 5) is 37.7. The molecule has 0 aromatic carbocycles. The van der Waals surface area contributed by atoms with Crippen LogP contribution in [0.2, 0.25) is 0 Å². The summed E-state index contributed by atoms with van der Waals surface area (Å²) >= 11 is 0. The molecule has 0 amide bonds. The van der Waals surface area contributed by atoms with Crippen LogP contribution in [0, 0.1) is 0 Å². The maximum absolute atomic E-state index is 12.7. The second-order valence-corrected chi connectivity index (χ2v) is 16.0. The zero-order valence-corrected chi connectivity index (χ0v) is 38.5. The summed E-state index contributed by atoms with van der Waals surface area (Å²) < 4.78 is 16.7. The molecule has 59 heavy (non-hydrogen) atoms. The van der Waals surface area contributed by atoms with Crippen molar-refractivity contribution in [3.63, 3.8) is 0 Å². The van der Waals surface area contributed by atoms with Gasteiger partial charge in [-0.15, -0.1) is 0 Å². The molecule has 0 N–H and O–H groups in total. The Labute approximate surface area is 363 Å². The molecule has 0 saturated heterocycles. The standard InChI is InChI=1S/C53H90O6/c1-4-7-10-13-16-18-20-22-24-25-26-27-29-30-32-34-37-40-43-46-52(55)58-49-50(48-57-51(54)45-42-39-36-15-12-9-6-3)59-53(56)47-44-41-38-35-33-31-28-23-21-19-17-14-11-8-5-2/h7,10,16-19,22-24,26-28,50H,4-6,8-9,11-15,20-21,25,29-49H2,1-3H3/b10-7-,18-16-,19-17-,24-22-,27-26-,28-23-. The van der Waals surface area contributed by atoms with Crippen LogP contribution in [0.25, 0.3) is 0 Å². The van der Waals surface area contributed by atoms with E-state index in [0.29, 0.717) is 19.3 Å². The molecule has 338 valence electrons. The van der Waals surface area contributed by atoms with Crippen LogP contribution in [0.4, 0.5) is 0 Å². The minimum Gasteiger partial charge on any atom is -0.462 e. The predicted molar refractivity (Wildman–Crippen MR) is 251 cm³/mol. The third-order valence-electron chi connectivity index (χ3n) is 10.2. The Hall–Kier alpha value is -3.15. The fraction of sp³-hybridized carbons (Fsp3) is 0.717. The molecule has 6 heteroatoms. The van der Waals surface area contributed by atoms with E-state index in [0.717, 1.165) is 116 Å². The predicted octanol–water partition coefficient (Wildman–Crippen LogP) is 15.9. The number of carbonyl (C=O) groups excluding carboxylic acids is 3. The van der Waals surface area contributed by atoms with Crippen molar-refractivity contribution in [2.24, 2.45) is 0 Å². The van der Waals surface area contributed by atoms with Crippen molar-refractivity contribution < 1.29 is 28.6 Å². The molecule has 0 aromatic heterocycles. The Morgan fingerprint density at radius 2 is 0.661 bits per heavy atom. The number of hydrogen-bond acceptors (Lipinski definition) is 6. The van der Waals surface area contributed by atoms with Gasteiger partial charge in [-0.3, -0.25) is 14.4 Å². The summed E-state index contributed by atoms with van der Waals surface area (Å²) in [7, 11) is 0. The molecule has 1 atom stereocenters. The highest BCUT2D eigenvalue weighted by Gasteiger charge is 2.19. The SMILES string of the molecule is CC/C=C\C/C=C\C/C=C\C/C=C\CCCCCCCCC(=O)OCC(COC(=O)CCCCCCCCC)OC(=O)CCCCCCC/C=C\C/C=C\CCCCC.